The minimum absolute atomic E-state index is 0.0755. The summed E-state index contributed by atoms with van der Waals surface area (Å²) in [6.45, 7) is -0.0755. The van der Waals surface area contributed by atoms with Crippen molar-refractivity contribution in [3.63, 3.8) is 0 Å². The highest BCUT2D eigenvalue weighted by atomic mass is 79.9. The Balaban J connectivity index is 2.07. The highest BCUT2D eigenvalue weighted by Crippen LogP contribution is 2.21. The number of aliphatic hydroxyl groups excluding tert-OH is 2. The van der Waals surface area contributed by atoms with Gasteiger partial charge in [-0.05, 0) is 24.3 Å². The number of aliphatic hydroxyl groups is 2. The topological polar surface area (TPSA) is 85.2 Å². The van der Waals surface area contributed by atoms with Gasteiger partial charge in [-0.15, -0.1) is 0 Å². The van der Waals surface area contributed by atoms with E-state index >= 15 is 0 Å². The zero-order valence-electron chi connectivity index (χ0n) is 10.7. The lowest BCUT2D eigenvalue weighted by molar-refractivity contribution is -0.261. The van der Waals surface area contributed by atoms with Crippen molar-refractivity contribution in [3.8, 4) is 0 Å². The van der Waals surface area contributed by atoms with Crippen LogP contribution in [-0.4, -0.2) is 54.5 Å². The quantitative estimate of drug-likeness (QED) is 0.783. The number of benzene rings is 1. The van der Waals surface area contributed by atoms with Gasteiger partial charge in [-0.1, -0.05) is 15.9 Å². The molecule has 1 fully saturated rings. The molecule has 4 atom stereocenters. The number of ether oxygens (including phenoxy) is 3. The molecule has 0 amide bonds. The van der Waals surface area contributed by atoms with Crippen LogP contribution in [0.3, 0.4) is 0 Å². The summed E-state index contributed by atoms with van der Waals surface area (Å²) in [6, 6.07) is 6.56. The molecule has 1 aliphatic heterocycles. The van der Waals surface area contributed by atoms with Crippen molar-refractivity contribution in [1.29, 1.82) is 0 Å². The van der Waals surface area contributed by atoms with Gasteiger partial charge in [-0.3, -0.25) is 0 Å². The minimum atomic E-state index is -1.25. The van der Waals surface area contributed by atoms with E-state index in [1.165, 1.54) is 7.11 Å². The Labute approximate surface area is 124 Å². The lowest BCUT2D eigenvalue weighted by Gasteiger charge is -2.36. The second-order valence-corrected chi connectivity index (χ2v) is 5.29. The predicted octanol–water partition coefficient (Wildman–Crippen LogP) is 0.699. The summed E-state index contributed by atoms with van der Waals surface area (Å²) in [6.07, 6.45) is -4.37. The Morgan fingerprint density at radius 1 is 1.35 bits per heavy atom. The highest BCUT2D eigenvalue weighted by Gasteiger charge is 2.41. The van der Waals surface area contributed by atoms with Gasteiger partial charge in [0.25, 0.3) is 0 Å². The van der Waals surface area contributed by atoms with Crippen LogP contribution in [0.1, 0.15) is 10.4 Å². The van der Waals surface area contributed by atoms with E-state index < -0.39 is 30.6 Å². The number of carbonyl (C=O) groups is 1. The summed E-state index contributed by atoms with van der Waals surface area (Å²) in [4.78, 5) is 12.0. The molecule has 0 unspecified atom stereocenters. The average Bonchev–Trinajstić information content (AvgIpc) is 2.44. The van der Waals surface area contributed by atoms with Crippen LogP contribution < -0.4 is 0 Å². The molecule has 1 aromatic rings. The number of methoxy groups -OCH3 is 1. The molecule has 1 aliphatic rings. The predicted molar refractivity (Wildman–Crippen MR) is 72.1 cm³/mol. The summed E-state index contributed by atoms with van der Waals surface area (Å²) in [5.74, 6) is -0.627. The summed E-state index contributed by atoms with van der Waals surface area (Å²) >= 11 is 3.26. The molecule has 1 aromatic carbocycles. The van der Waals surface area contributed by atoms with Gasteiger partial charge in [0.05, 0.1) is 12.2 Å². The summed E-state index contributed by atoms with van der Waals surface area (Å²) in [5, 5.41) is 19.7. The van der Waals surface area contributed by atoms with E-state index in [0.717, 1.165) is 4.47 Å². The third kappa shape index (κ3) is 3.36. The van der Waals surface area contributed by atoms with Gasteiger partial charge in [0, 0.05) is 11.6 Å². The third-order valence-corrected chi connectivity index (χ3v) is 3.51. The maximum absolute atomic E-state index is 12.0. The zero-order chi connectivity index (χ0) is 14.7. The maximum atomic E-state index is 12.0. The molecule has 1 heterocycles. The summed E-state index contributed by atoms with van der Waals surface area (Å²) in [5.41, 5.74) is 0.327. The second kappa shape index (κ2) is 6.64. The Bertz CT molecular complexity index is 462. The molecule has 7 heteroatoms. The number of rotatable bonds is 3. The number of hydrogen-bond donors (Lipinski definition) is 2. The molecule has 110 valence electrons. The minimum Gasteiger partial charge on any atom is -0.453 e. The second-order valence-electron chi connectivity index (χ2n) is 4.37. The zero-order valence-corrected chi connectivity index (χ0v) is 12.3. The van der Waals surface area contributed by atoms with Crippen LogP contribution in [0.15, 0.2) is 28.7 Å². The highest BCUT2D eigenvalue weighted by molar-refractivity contribution is 9.10. The Hall–Kier alpha value is -0.990. The van der Waals surface area contributed by atoms with E-state index in [2.05, 4.69) is 15.9 Å². The molecule has 2 rings (SSSR count). The molecule has 0 radical (unpaired) electrons. The van der Waals surface area contributed by atoms with Gasteiger partial charge in [-0.25, -0.2) is 4.79 Å². The van der Waals surface area contributed by atoms with E-state index in [4.69, 9.17) is 14.2 Å². The molecule has 20 heavy (non-hydrogen) atoms. The van der Waals surface area contributed by atoms with Crippen molar-refractivity contribution < 1.29 is 29.2 Å². The average molecular weight is 347 g/mol. The third-order valence-electron chi connectivity index (χ3n) is 2.98. The number of esters is 1. The van der Waals surface area contributed by atoms with E-state index in [-0.39, 0.29) is 6.61 Å². The lowest BCUT2D eigenvalue weighted by atomic mass is 10.1. The van der Waals surface area contributed by atoms with Crippen molar-refractivity contribution in [2.24, 2.45) is 0 Å². The van der Waals surface area contributed by atoms with Crippen molar-refractivity contribution >= 4 is 21.9 Å². The van der Waals surface area contributed by atoms with Gasteiger partial charge in [0.2, 0.25) is 0 Å². The fourth-order valence-corrected chi connectivity index (χ4v) is 2.17. The molecule has 6 nitrogen and oxygen atoms in total. The number of halogens is 1. The van der Waals surface area contributed by atoms with Gasteiger partial charge in [-0.2, -0.15) is 0 Å². The normalized spacial score (nSPS) is 30.0. The first kappa shape index (κ1) is 15.4. The van der Waals surface area contributed by atoms with Crippen LogP contribution in [0.2, 0.25) is 0 Å². The monoisotopic (exact) mass is 346 g/mol. The van der Waals surface area contributed by atoms with Crippen LogP contribution in [-0.2, 0) is 14.2 Å². The van der Waals surface area contributed by atoms with E-state index in [9.17, 15) is 15.0 Å². The van der Waals surface area contributed by atoms with Crippen LogP contribution in [0.25, 0.3) is 0 Å². The van der Waals surface area contributed by atoms with Crippen LogP contribution in [0, 0.1) is 0 Å². The summed E-state index contributed by atoms with van der Waals surface area (Å²) in [7, 11) is 1.36. The van der Waals surface area contributed by atoms with Crippen molar-refractivity contribution in [1.82, 2.24) is 0 Å². The number of carbonyl (C=O) groups excluding carboxylic acids is 1. The molecular formula is C13H15BrO6. The van der Waals surface area contributed by atoms with E-state index in [1.807, 2.05) is 0 Å². The van der Waals surface area contributed by atoms with E-state index in [1.54, 1.807) is 24.3 Å². The standard InChI is InChI=1S/C13H15BrO6/c1-18-13-10(16)11(9(15)6-19-13)20-12(17)7-2-4-8(14)5-3-7/h2-5,9-11,13,15-16H,6H2,1H3/t9-,10-,11+,13-/m1/s1. The van der Waals surface area contributed by atoms with Crippen LogP contribution in [0.4, 0.5) is 0 Å². The smallest absolute Gasteiger partial charge is 0.338 e. The molecule has 1 saturated heterocycles. The van der Waals surface area contributed by atoms with Gasteiger partial charge >= 0.3 is 5.97 Å². The maximum Gasteiger partial charge on any atom is 0.338 e. The molecule has 0 bridgehead atoms. The first-order valence-electron chi connectivity index (χ1n) is 6.00. The lowest BCUT2D eigenvalue weighted by Crippen LogP contribution is -2.55. The SMILES string of the molecule is CO[C@@H]1OC[C@@H](O)[C@H](OC(=O)c2ccc(Br)cc2)[C@H]1O. The van der Waals surface area contributed by atoms with Gasteiger partial charge < -0.3 is 24.4 Å². The molecular weight excluding hydrogens is 332 g/mol. The van der Waals surface area contributed by atoms with Gasteiger partial charge in [0.15, 0.2) is 12.4 Å². The molecule has 0 aromatic heterocycles. The fraction of sp³-hybridized carbons (Fsp3) is 0.462. The fourth-order valence-electron chi connectivity index (χ4n) is 1.90. The number of hydrogen-bond acceptors (Lipinski definition) is 6. The first-order chi connectivity index (χ1) is 9.52. The van der Waals surface area contributed by atoms with Crippen LogP contribution in [0.5, 0.6) is 0 Å². The Morgan fingerprint density at radius 2 is 2.00 bits per heavy atom. The molecule has 0 saturated carbocycles. The molecule has 2 N–H and O–H groups in total. The Morgan fingerprint density at radius 3 is 2.60 bits per heavy atom. The molecule has 0 spiro atoms. The Kier molecular flexibility index (Phi) is 5.11. The first-order valence-corrected chi connectivity index (χ1v) is 6.79. The van der Waals surface area contributed by atoms with Gasteiger partial charge in [0.1, 0.15) is 12.2 Å². The van der Waals surface area contributed by atoms with E-state index in [0.29, 0.717) is 5.56 Å². The molecule has 0 aliphatic carbocycles. The van der Waals surface area contributed by atoms with Crippen LogP contribution >= 0.6 is 15.9 Å². The summed E-state index contributed by atoms with van der Waals surface area (Å²) < 4.78 is 16.0. The van der Waals surface area contributed by atoms with Crippen molar-refractivity contribution in [2.75, 3.05) is 13.7 Å². The largest absolute Gasteiger partial charge is 0.453 e. The van der Waals surface area contributed by atoms with Crippen molar-refractivity contribution in [3.05, 3.63) is 34.3 Å². The van der Waals surface area contributed by atoms with Crippen molar-refractivity contribution in [2.45, 2.75) is 24.6 Å².